The summed E-state index contributed by atoms with van der Waals surface area (Å²) in [5.41, 5.74) is 0.856. The predicted octanol–water partition coefficient (Wildman–Crippen LogP) is 3.57. The molecule has 1 aromatic heterocycles. The van der Waals surface area contributed by atoms with Gasteiger partial charge in [-0.2, -0.15) is 4.31 Å². The zero-order valence-electron chi connectivity index (χ0n) is 19.0. The highest BCUT2D eigenvalue weighted by atomic mass is 32.2. The van der Waals surface area contributed by atoms with Gasteiger partial charge < -0.3 is 13.9 Å². The highest BCUT2D eigenvalue weighted by Crippen LogP contribution is 2.32. The third-order valence-electron chi connectivity index (χ3n) is 5.60. The molecule has 10 nitrogen and oxygen atoms in total. The third-order valence-corrected chi connectivity index (χ3v) is 7.51. The van der Waals surface area contributed by atoms with Crippen LogP contribution in [0.3, 0.4) is 0 Å². The summed E-state index contributed by atoms with van der Waals surface area (Å²) in [6.07, 6.45) is 3.79. The van der Waals surface area contributed by atoms with Crippen LogP contribution in [0.25, 0.3) is 11.5 Å². The number of ether oxygens (including phenoxy) is 2. The van der Waals surface area contributed by atoms with Crippen molar-refractivity contribution in [1.29, 1.82) is 0 Å². The number of hydrogen-bond donors (Lipinski definition) is 1. The van der Waals surface area contributed by atoms with Crippen molar-refractivity contribution in [3.05, 3.63) is 48.0 Å². The molecule has 3 aromatic rings. The van der Waals surface area contributed by atoms with Crippen LogP contribution >= 0.6 is 0 Å². The number of anilines is 1. The Balaban J connectivity index is 1.45. The lowest BCUT2D eigenvalue weighted by Gasteiger charge is -2.19. The average Bonchev–Trinajstić information content (AvgIpc) is 3.14. The average molecular weight is 487 g/mol. The van der Waals surface area contributed by atoms with Crippen molar-refractivity contribution in [3.8, 4) is 23.0 Å². The monoisotopic (exact) mass is 486 g/mol. The van der Waals surface area contributed by atoms with Gasteiger partial charge in [-0.05, 0) is 55.3 Å². The molecule has 0 aliphatic carbocycles. The zero-order valence-corrected chi connectivity index (χ0v) is 19.8. The van der Waals surface area contributed by atoms with Gasteiger partial charge in [0.25, 0.3) is 5.91 Å². The molecule has 4 rings (SSSR count). The SMILES string of the molecule is COc1ccc(-c2nnc(NC(=O)c3ccc(S(=O)(=O)N4CCCCCC4)cc3)o2)cc1OC. The molecule has 0 radical (unpaired) electrons. The molecule has 11 heteroatoms. The van der Waals surface area contributed by atoms with Crippen molar-refractivity contribution >= 4 is 21.9 Å². The largest absolute Gasteiger partial charge is 0.493 e. The van der Waals surface area contributed by atoms with Crippen molar-refractivity contribution in [1.82, 2.24) is 14.5 Å². The van der Waals surface area contributed by atoms with E-state index in [0.717, 1.165) is 25.7 Å². The van der Waals surface area contributed by atoms with Crippen molar-refractivity contribution in [2.45, 2.75) is 30.6 Å². The highest BCUT2D eigenvalue weighted by molar-refractivity contribution is 7.89. The Labute approximate surface area is 197 Å². The molecule has 1 fully saturated rings. The first-order valence-corrected chi connectivity index (χ1v) is 12.3. The minimum atomic E-state index is -3.58. The fraction of sp³-hybridized carbons (Fsp3) is 0.348. The van der Waals surface area contributed by atoms with Gasteiger partial charge in [0.05, 0.1) is 19.1 Å². The van der Waals surface area contributed by atoms with Gasteiger partial charge in [0.15, 0.2) is 11.5 Å². The van der Waals surface area contributed by atoms with Crippen molar-refractivity contribution in [2.75, 3.05) is 32.6 Å². The molecular weight excluding hydrogens is 460 g/mol. The Morgan fingerprint density at radius 3 is 2.26 bits per heavy atom. The first-order valence-electron chi connectivity index (χ1n) is 10.9. The van der Waals surface area contributed by atoms with Gasteiger partial charge in [-0.1, -0.05) is 17.9 Å². The Hall–Kier alpha value is -3.44. The molecule has 1 N–H and O–H groups in total. The molecule has 0 unspecified atom stereocenters. The van der Waals surface area contributed by atoms with Crippen LogP contribution in [0.5, 0.6) is 11.5 Å². The summed E-state index contributed by atoms with van der Waals surface area (Å²) in [5, 5.41) is 10.4. The molecule has 180 valence electrons. The number of amides is 1. The van der Waals surface area contributed by atoms with E-state index in [1.165, 1.54) is 42.8 Å². The molecular formula is C23H26N4O6S. The van der Waals surface area contributed by atoms with Gasteiger partial charge in [0.1, 0.15) is 0 Å². The molecule has 2 aromatic carbocycles. The maximum Gasteiger partial charge on any atom is 0.322 e. The maximum atomic E-state index is 12.9. The second kappa shape index (κ2) is 10.2. The molecule has 1 aliphatic heterocycles. The Bertz CT molecular complexity index is 1250. The minimum absolute atomic E-state index is 0.0870. The van der Waals surface area contributed by atoms with Crippen molar-refractivity contribution in [3.63, 3.8) is 0 Å². The van der Waals surface area contributed by atoms with E-state index >= 15 is 0 Å². The fourth-order valence-corrected chi connectivity index (χ4v) is 5.26. The van der Waals surface area contributed by atoms with E-state index in [4.69, 9.17) is 13.9 Å². The van der Waals surface area contributed by atoms with Gasteiger partial charge in [-0.15, -0.1) is 5.10 Å². The number of benzene rings is 2. The van der Waals surface area contributed by atoms with Crippen LogP contribution in [0.15, 0.2) is 51.8 Å². The summed E-state index contributed by atoms with van der Waals surface area (Å²) in [6.45, 7) is 1.04. The molecule has 34 heavy (non-hydrogen) atoms. The highest BCUT2D eigenvalue weighted by Gasteiger charge is 2.25. The zero-order chi connectivity index (χ0) is 24.1. The summed E-state index contributed by atoms with van der Waals surface area (Å²) >= 11 is 0. The normalized spacial score (nSPS) is 14.9. The first-order chi connectivity index (χ1) is 16.4. The number of carbonyl (C=O) groups excluding carboxylic acids is 1. The quantitative estimate of drug-likeness (QED) is 0.538. The number of rotatable bonds is 7. The van der Waals surface area contributed by atoms with Crippen LogP contribution in [0, 0.1) is 0 Å². The van der Waals surface area contributed by atoms with E-state index in [0.29, 0.717) is 30.2 Å². The summed E-state index contributed by atoms with van der Waals surface area (Å²) in [6, 6.07) is 10.8. The Morgan fingerprint density at radius 1 is 0.941 bits per heavy atom. The molecule has 0 spiro atoms. The predicted molar refractivity (Wildman–Crippen MR) is 124 cm³/mol. The van der Waals surface area contributed by atoms with Gasteiger partial charge in [-0.3, -0.25) is 10.1 Å². The minimum Gasteiger partial charge on any atom is -0.493 e. The number of methoxy groups -OCH3 is 2. The van der Waals surface area contributed by atoms with Crippen LogP contribution in [0.1, 0.15) is 36.0 Å². The standard InChI is InChI=1S/C23H26N4O6S/c1-31-19-12-9-17(15-20(19)32-2)22-25-26-23(33-22)24-21(28)16-7-10-18(11-8-16)34(29,30)27-13-5-3-4-6-14-27/h7-12,15H,3-6,13-14H2,1-2H3,(H,24,26,28). The fourth-order valence-electron chi connectivity index (χ4n) is 3.74. The van der Waals surface area contributed by atoms with Gasteiger partial charge in [0.2, 0.25) is 15.9 Å². The lowest BCUT2D eigenvalue weighted by molar-refractivity contribution is 0.102. The summed E-state index contributed by atoms with van der Waals surface area (Å²) < 4.78 is 43.4. The van der Waals surface area contributed by atoms with Crippen LogP contribution < -0.4 is 14.8 Å². The molecule has 0 atom stereocenters. The van der Waals surface area contributed by atoms with E-state index in [9.17, 15) is 13.2 Å². The van der Waals surface area contributed by atoms with Crippen LogP contribution in [-0.4, -0.2) is 56.1 Å². The lowest BCUT2D eigenvalue weighted by atomic mass is 10.2. The lowest BCUT2D eigenvalue weighted by Crippen LogP contribution is -2.31. The molecule has 0 saturated carbocycles. The number of sulfonamides is 1. The maximum absolute atomic E-state index is 12.9. The number of hydrogen-bond acceptors (Lipinski definition) is 8. The van der Waals surface area contributed by atoms with Crippen LogP contribution in [-0.2, 0) is 10.0 Å². The third kappa shape index (κ3) is 5.05. The summed E-state index contributed by atoms with van der Waals surface area (Å²) in [5.74, 6) is 0.746. The molecule has 2 heterocycles. The van der Waals surface area contributed by atoms with E-state index in [1.807, 2.05) is 0 Å². The van der Waals surface area contributed by atoms with Gasteiger partial charge >= 0.3 is 6.01 Å². The number of aromatic nitrogens is 2. The van der Waals surface area contributed by atoms with E-state index < -0.39 is 15.9 Å². The van der Waals surface area contributed by atoms with Crippen molar-refractivity contribution < 1.29 is 27.1 Å². The number of nitrogens with one attached hydrogen (secondary N) is 1. The summed E-state index contributed by atoms with van der Waals surface area (Å²) in [7, 11) is -0.527. The second-order valence-electron chi connectivity index (χ2n) is 7.78. The van der Waals surface area contributed by atoms with Crippen LogP contribution in [0.4, 0.5) is 6.01 Å². The molecule has 1 aliphatic rings. The molecule has 0 bridgehead atoms. The second-order valence-corrected chi connectivity index (χ2v) is 9.72. The van der Waals surface area contributed by atoms with E-state index in [2.05, 4.69) is 15.5 Å². The van der Waals surface area contributed by atoms with Crippen molar-refractivity contribution in [2.24, 2.45) is 0 Å². The first kappa shape index (κ1) is 23.7. The Kier molecular flexibility index (Phi) is 7.13. The van der Waals surface area contributed by atoms with E-state index in [1.54, 1.807) is 18.2 Å². The molecule has 1 saturated heterocycles. The molecule has 1 amide bonds. The number of nitrogens with zero attached hydrogens (tertiary/aromatic N) is 3. The van der Waals surface area contributed by atoms with Crippen LogP contribution in [0.2, 0.25) is 0 Å². The number of carbonyl (C=O) groups is 1. The van der Waals surface area contributed by atoms with Gasteiger partial charge in [0, 0.05) is 24.2 Å². The van der Waals surface area contributed by atoms with E-state index in [-0.39, 0.29) is 22.4 Å². The Morgan fingerprint density at radius 2 is 1.62 bits per heavy atom. The smallest absolute Gasteiger partial charge is 0.322 e. The van der Waals surface area contributed by atoms with Gasteiger partial charge in [-0.25, -0.2) is 8.42 Å². The topological polar surface area (TPSA) is 124 Å². The summed E-state index contributed by atoms with van der Waals surface area (Å²) in [4.78, 5) is 12.8.